The number of ether oxygens (including phenoxy) is 1. The summed E-state index contributed by atoms with van der Waals surface area (Å²) in [7, 11) is 0. The summed E-state index contributed by atoms with van der Waals surface area (Å²) >= 11 is 6.40. The molecule has 0 spiro atoms. The number of hydrogen-bond acceptors (Lipinski definition) is 3. The van der Waals surface area contributed by atoms with Crippen molar-refractivity contribution < 1.29 is 17.9 Å². The van der Waals surface area contributed by atoms with Gasteiger partial charge in [-0.25, -0.2) is 9.67 Å². The fraction of sp³-hybridized carbons (Fsp3) is 0.467. The second kappa shape index (κ2) is 5.70. The zero-order valence-corrected chi connectivity index (χ0v) is 13.4. The van der Waals surface area contributed by atoms with Gasteiger partial charge in [0.05, 0.1) is 11.4 Å². The second-order valence-electron chi connectivity index (χ2n) is 5.60. The van der Waals surface area contributed by atoms with Crippen LogP contribution in [0.2, 0.25) is 5.15 Å². The third-order valence-electron chi connectivity index (χ3n) is 3.85. The molecule has 0 bridgehead atoms. The van der Waals surface area contributed by atoms with Gasteiger partial charge in [0, 0.05) is 5.56 Å². The molecule has 0 amide bonds. The maximum atomic E-state index is 12.4. The van der Waals surface area contributed by atoms with Crippen molar-refractivity contribution in [3.05, 3.63) is 33.7 Å². The Bertz CT molecular complexity index is 755. The molecule has 1 aliphatic rings. The van der Waals surface area contributed by atoms with E-state index in [2.05, 4.69) is 14.8 Å². The SMILES string of the molecule is Cc1cc(OC(F)(F)F)c(C)nc1-n1nc2c(c1Cl)CCCC2. The zero-order valence-electron chi connectivity index (χ0n) is 12.7. The Morgan fingerprint density at radius 1 is 1.22 bits per heavy atom. The quantitative estimate of drug-likeness (QED) is 0.814. The molecular weight excluding hydrogens is 331 g/mol. The molecule has 124 valence electrons. The van der Waals surface area contributed by atoms with Crippen molar-refractivity contribution in [3.63, 3.8) is 0 Å². The van der Waals surface area contributed by atoms with Gasteiger partial charge < -0.3 is 4.74 Å². The van der Waals surface area contributed by atoms with Gasteiger partial charge in [0.1, 0.15) is 5.15 Å². The van der Waals surface area contributed by atoms with Crippen molar-refractivity contribution in [2.75, 3.05) is 0 Å². The van der Waals surface area contributed by atoms with E-state index in [0.29, 0.717) is 16.5 Å². The molecule has 0 unspecified atom stereocenters. The van der Waals surface area contributed by atoms with Gasteiger partial charge in [0.25, 0.3) is 0 Å². The normalized spacial score (nSPS) is 14.7. The minimum absolute atomic E-state index is 0.132. The highest BCUT2D eigenvalue weighted by Crippen LogP contribution is 2.32. The summed E-state index contributed by atoms with van der Waals surface area (Å²) in [6, 6.07) is 1.31. The van der Waals surface area contributed by atoms with Crippen LogP contribution in [0.5, 0.6) is 5.75 Å². The number of rotatable bonds is 2. The maximum Gasteiger partial charge on any atom is 0.573 e. The molecule has 23 heavy (non-hydrogen) atoms. The third kappa shape index (κ3) is 3.15. The number of halogens is 4. The van der Waals surface area contributed by atoms with Crippen molar-refractivity contribution >= 4 is 11.6 Å². The lowest BCUT2D eigenvalue weighted by atomic mass is 9.99. The number of nitrogens with zero attached hydrogens (tertiary/aromatic N) is 3. The van der Waals surface area contributed by atoms with Gasteiger partial charge in [0.2, 0.25) is 0 Å². The molecule has 2 aromatic rings. The van der Waals surface area contributed by atoms with Crippen LogP contribution in [-0.2, 0) is 12.8 Å². The summed E-state index contributed by atoms with van der Waals surface area (Å²) in [5.74, 6) is 0.114. The molecule has 8 heteroatoms. The van der Waals surface area contributed by atoms with Crippen LogP contribution in [0.4, 0.5) is 13.2 Å². The Kier molecular flexibility index (Phi) is 4.00. The molecule has 0 N–H and O–H groups in total. The smallest absolute Gasteiger partial charge is 0.404 e. The summed E-state index contributed by atoms with van der Waals surface area (Å²) < 4.78 is 42.7. The van der Waals surface area contributed by atoms with Crippen LogP contribution in [-0.4, -0.2) is 21.1 Å². The highest BCUT2D eigenvalue weighted by Gasteiger charge is 2.32. The van der Waals surface area contributed by atoms with Crippen LogP contribution in [0.1, 0.15) is 35.4 Å². The summed E-state index contributed by atoms with van der Waals surface area (Å²) in [6.07, 6.45) is -0.911. The van der Waals surface area contributed by atoms with Gasteiger partial charge in [-0.05, 0) is 51.2 Å². The first-order valence-electron chi connectivity index (χ1n) is 7.27. The van der Waals surface area contributed by atoms with Gasteiger partial charge in [-0.1, -0.05) is 11.6 Å². The first-order chi connectivity index (χ1) is 10.8. The molecule has 0 fully saturated rings. The highest BCUT2D eigenvalue weighted by atomic mass is 35.5. The monoisotopic (exact) mass is 345 g/mol. The fourth-order valence-corrected chi connectivity index (χ4v) is 3.09. The third-order valence-corrected chi connectivity index (χ3v) is 4.24. The van der Waals surface area contributed by atoms with E-state index in [1.54, 1.807) is 6.92 Å². The van der Waals surface area contributed by atoms with E-state index < -0.39 is 6.36 Å². The Morgan fingerprint density at radius 3 is 2.57 bits per heavy atom. The van der Waals surface area contributed by atoms with Crippen molar-refractivity contribution in [2.24, 2.45) is 0 Å². The van der Waals surface area contributed by atoms with Crippen LogP contribution in [0.3, 0.4) is 0 Å². The van der Waals surface area contributed by atoms with Crippen LogP contribution in [0, 0.1) is 13.8 Å². The van der Waals surface area contributed by atoms with Gasteiger partial charge in [0.15, 0.2) is 11.6 Å². The highest BCUT2D eigenvalue weighted by molar-refractivity contribution is 6.30. The van der Waals surface area contributed by atoms with Crippen LogP contribution in [0.25, 0.3) is 5.82 Å². The number of aryl methyl sites for hydroxylation is 3. The van der Waals surface area contributed by atoms with Gasteiger partial charge in [-0.3, -0.25) is 0 Å². The maximum absolute atomic E-state index is 12.4. The number of alkyl halides is 3. The molecule has 4 nitrogen and oxygen atoms in total. The van der Waals surface area contributed by atoms with E-state index in [-0.39, 0.29) is 11.4 Å². The summed E-state index contributed by atoms with van der Waals surface area (Å²) in [5.41, 5.74) is 2.59. The molecular formula is C15H15ClF3N3O. The molecule has 1 aliphatic carbocycles. The molecule has 2 aromatic heterocycles. The molecule has 2 heterocycles. The summed E-state index contributed by atoms with van der Waals surface area (Å²) in [4.78, 5) is 4.22. The van der Waals surface area contributed by atoms with Gasteiger partial charge in [-0.2, -0.15) is 5.10 Å². The van der Waals surface area contributed by atoms with Gasteiger partial charge in [-0.15, -0.1) is 13.2 Å². The van der Waals surface area contributed by atoms with E-state index in [4.69, 9.17) is 11.6 Å². The topological polar surface area (TPSA) is 39.9 Å². The molecule has 0 saturated heterocycles. The summed E-state index contributed by atoms with van der Waals surface area (Å²) in [5, 5.41) is 4.97. The van der Waals surface area contributed by atoms with Crippen LogP contribution < -0.4 is 4.74 Å². The standard InChI is InChI=1S/C15H15ClF3N3O/c1-8-7-12(23-15(17,18)19)9(2)20-14(8)22-13(16)10-5-3-4-6-11(10)21-22/h7H,3-6H2,1-2H3. The number of aromatic nitrogens is 3. The Morgan fingerprint density at radius 2 is 1.91 bits per heavy atom. The van der Waals surface area contributed by atoms with Crippen molar-refractivity contribution in [1.82, 2.24) is 14.8 Å². The fourth-order valence-electron chi connectivity index (χ4n) is 2.76. The number of hydrogen-bond donors (Lipinski definition) is 0. The number of pyridine rings is 1. The van der Waals surface area contributed by atoms with E-state index in [9.17, 15) is 13.2 Å². The lowest BCUT2D eigenvalue weighted by Gasteiger charge is -2.14. The number of fused-ring (bicyclic) bond motifs is 1. The second-order valence-corrected chi connectivity index (χ2v) is 5.95. The molecule has 0 atom stereocenters. The van der Waals surface area contributed by atoms with Crippen molar-refractivity contribution in [1.29, 1.82) is 0 Å². The lowest BCUT2D eigenvalue weighted by Crippen LogP contribution is -2.18. The van der Waals surface area contributed by atoms with Crippen LogP contribution >= 0.6 is 11.6 Å². The van der Waals surface area contributed by atoms with E-state index in [0.717, 1.165) is 36.9 Å². The van der Waals surface area contributed by atoms with E-state index in [1.165, 1.54) is 17.7 Å². The average Bonchev–Trinajstić information content (AvgIpc) is 2.79. The van der Waals surface area contributed by atoms with Crippen molar-refractivity contribution in [3.8, 4) is 11.6 Å². The minimum atomic E-state index is -4.75. The molecule has 0 radical (unpaired) electrons. The Hall–Kier alpha value is -1.76. The zero-order chi connectivity index (χ0) is 16.8. The first-order valence-corrected chi connectivity index (χ1v) is 7.64. The first kappa shape index (κ1) is 16.1. The largest absolute Gasteiger partial charge is 0.573 e. The molecule has 0 saturated carbocycles. The van der Waals surface area contributed by atoms with Crippen LogP contribution in [0.15, 0.2) is 6.07 Å². The average molecular weight is 346 g/mol. The van der Waals surface area contributed by atoms with E-state index >= 15 is 0 Å². The molecule has 0 aromatic carbocycles. The Labute approximate surface area is 136 Å². The van der Waals surface area contributed by atoms with Crippen molar-refractivity contribution in [2.45, 2.75) is 45.9 Å². The predicted molar refractivity (Wildman–Crippen MR) is 79.2 cm³/mol. The van der Waals surface area contributed by atoms with E-state index in [1.807, 2.05) is 0 Å². The Balaban J connectivity index is 2.04. The van der Waals surface area contributed by atoms with Gasteiger partial charge >= 0.3 is 6.36 Å². The predicted octanol–water partition coefficient (Wildman–Crippen LogP) is 4.31. The lowest BCUT2D eigenvalue weighted by molar-refractivity contribution is -0.275. The minimum Gasteiger partial charge on any atom is -0.404 e. The molecule has 0 aliphatic heterocycles. The summed E-state index contributed by atoms with van der Waals surface area (Å²) in [6.45, 7) is 3.11. The molecule has 3 rings (SSSR count).